The summed E-state index contributed by atoms with van der Waals surface area (Å²) in [6.07, 6.45) is 2.89. The van der Waals surface area contributed by atoms with Crippen LogP contribution in [0.15, 0.2) is 35.1 Å². The smallest absolute Gasteiger partial charge is 0.268 e. The van der Waals surface area contributed by atoms with Crippen LogP contribution in [0, 0.1) is 6.92 Å². The number of amides is 1. The van der Waals surface area contributed by atoms with Crippen molar-refractivity contribution in [2.24, 2.45) is 0 Å². The van der Waals surface area contributed by atoms with E-state index in [1.165, 1.54) is 11.3 Å². The maximum Gasteiger partial charge on any atom is 0.268 e. The fraction of sp³-hybridized carbons (Fsp3) is 0.316. The van der Waals surface area contributed by atoms with E-state index in [-0.39, 0.29) is 11.5 Å². The van der Waals surface area contributed by atoms with E-state index in [0.29, 0.717) is 15.1 Å². The zero-order chi connectivity index (χ0) is 17.6. The molecule has 0 radical (unpaired) electrons. The lowest BCUT2D eigenvalue weighted by Gasteiger charge is -2.17. The third kappa shape index (κ3) is 2.57. The van der Waals surface area contributed by atoms with Gasteiger partial charge in [0.05, 0.1) is 10.3 Å². The molecule has 0 unspecified atom stereocenters. The number of thiophene rings is 1. The molecule has 2 aromatic heterocycles. The molecule has 4 rings (SSSR count). The largest absolute Gasteiger partial charge is 0.311 e. The zero-order valence-electron chi connectivity index (χ0n) is 14.3. The van der Waals surface area contributed by atoms with Gasteiger partial charge in [-0.2, -0.15) is 0 Å². The molecule has 0 N–H and O–H groups in total. The second-order valence-corrected chi connectivity index (χ2v) is 7.38. The Hall–Kier alpha value is -2.47. The summed E-state index contributed by atoms with van der Waals surface area (Å²) in [5, 5.41) is 0.598. The van der Waals surface area contributed by atoms with E-state index in [2.05, 4.69) is 4.98 Å². The first-order valence-electron chi connectivity index (χ1n) is 8.44. The molecule has 25 heavy (non-hydrogen) atoms. The summed E-state index contributed by atoms with van der Waals surface area (Å²) in [7, 11) is 1.76. The standard InChI is InChI=1S/C19H19N3O2S/c1-12-15-17(20-14-10-6-7-11-22(14)18(15)23)25-16(12)19(24)21(2)13-8-4-3-5-9-13/h3-5,8-9H,6-7,10-11H2,1-2H3. The van der Waals surface area contributed by atoms with Crippen LogP contribution in [0.1, 0.15) is 33.9 Å². The van der Waals surface area contributed by atoms with Crippen LogP contribution in [0.25, 0.3) is 10.2 Å². The minimum absolute atomic E-state index is 0.00476. The van der Waals surface area contributed by atoms with Crippen molar-refractivity contribution in [1.82, 2.24) is 9.55 Å². The highest BCUT2D eigenvalue weighted by Crippen LogP contribution is 2.30. The highest BCUT2D eigenvalue weighted by molar-refractivity contribution is 7.20. The Balaban J connectivity index is 1.83. The molecule has 1 aliphatic heterocycles. The summed E-state index contributed by atoms with van der Waals surface area (Å²) in [6.45, 7) is 2.57. The summed E-state index contributed by atoms with van der Waals surface area (Å²) in [5.74, 6) is 0.745. The highest BCUT2D eigenvalue weighted by Gasteiger charge is 2.24. The lowest BCUT2D eigenvalue weighted by Crippen LogP contribution is -2.28. The maximum absolute atomic E-state index is 13.0. The number of nitrogens with zero attached hydrogens (tertiary/aromatic N) is 3. The molecule has 0 atom stereocenters. The first kappa shape index (κ1) is 16.0. The van der Waals surface area contributed by atoms with E-state index in [1.807, 2.05) is 37.3 Å². The average Bonchev–Trinajstić information content (AvgIpc) is 2.98. The molecule has 128 valence electrons. The first-order valence-corrected chi connectivity index (χ1v) is 9.25. The summed E-state index contributed by atoms with van der Waals surface area (Å²) >= 11 is 1.33. The topological polar surface area (TPSA) is 55.2 Å². The molecule has 1 amide bonds. The fourth-order valence-electron chi connectivity index (χ4n) is 3.36. The van der Waals surface area contributed by atoms with Gasteiger partial charge in [-0.05, 0) is 37.5 Å². The molecule has 3 heterocycles. The molecule has 3 aromatic rings. The molecule has 1 aromatic carbocycles. The van der Waals surface area contributed by atoms with Crippen molar-refractivity contribution in [1.29, 1.82) is 0 Å². The van der Waals surface area contributed by atoms with Gasteiger partial charge in [0.2, 0.25) is 0 Å². The van der Waals surface area contributed by atoms with Crippen molar-refractivity contribution in [3.05, 3.63) is 57.0 Å². The molecule has 0 bridgehead atoms. The number of anilines is 1. The van der Waals surface area contributed by atoms with Crippen molar-refractivity contribution < 1.29 is 4.79 Å². The predicted molar refractivity (Wildman–Crippen MR) is 101 cm³/mol. The van der Waals surface area contributed by atoms with Crippen LogP contribution in [0.3, 0.4) is 0 Å². The van der Waals surface area contributed by atoms with E-state index in [9.17, 15) is 9.59 Å². The molecular weight excluding hydrogens is 334 g/mol. The number of fused-ring (bicyclic) bond motifs is 2. The minimum atomic E-state index is -0.103. The van der Waals surface area contributed by atoms with Crippen molar-refractivity contribution in [2.45, 2.75) is 32.7 Å². The van der Waals surface area contributed by atoms with Crippen LogP contribution in [-0.4, -0.2) is 22.5 Å². The Morgan fingerprint density at radius 1 is 1.24 bits per heavy atom. The number of hydrogen-bond donors (Lipinski definition) is 0. The van der Waals surface area contributed by atoms with Gasteiger partial charge >= 0.3 is 0 Å². The van der Waals surface area contributed by atoms with Gasteiger partial charge in [0.25, 0.3) is 11.5 Å². The van der Waals surface area contributed by atoms with Crippen LogP contribution >= 0.6 is 11.3 Å². The van der Waals surface area contributed by atoms with E-state index < -0.39 is 0 Å². The lowest BCUT2D eigenvalue weighted by atomic mass is 10.1. The van der Waals surface area contributed by atoms with Gasteiger partial charge in [0.15, 0.2) is 0 Å². The highest BCUT2D eigenvalue weighted by atomic mass is 32.1. The Morgan fingerprint density at radius 2 is 2.00 bits per heavy atom. The van der Waals surface area contributed by atoms with Gasteiger partial charge in [-0.25, -0.2) is 4.98 Å². The third-order valence-corrected chi connectivity index (χ3v) is 5.98. The number of para-hydroxylation sites is 1. The van der Waals surface area contributed by atoms with E-state index in [1.54, 1.807) is 16.5 Å². The Labute approximate surface area is 149 Å². The third-order valence-electron chi connectivity index (χ3n) is 4.80. The van der Waals surface area contributed by atoms with Crippen molar-refractivity contribution in [3.8, 4) is 0 Å². The molecule has 0 aliphatic carbocycles. The Kier molecular flexibility index (Phi) is 3.92. The van der Waals surface area contributed by atoms with E-state index >= 15 is 0 Å². The quantitative estimate of drug-likeness (QED) is 0.710. The molecule has 6 heteroatoms. The summed E-state index contributed by atoms with van der Waals surface area (Å²) < 4.78 is 1.78. The normalized spacial score (nSPS) is 13.7. The molecule has 0 spiro atoms. The Bertz CT molecular complexity index is 1020. The monoisotopic (exact) mass is 353 g/mol. The Morgan fingerprint density at radius 3 is 2.76 bits per heavy atom. The molecule has 5 nitrogen and oxygen atoms in total. The van der Waals surface area contributed by atoms with Gasteiger partial charge in [0, 0.05) is 25.7 Å². The molecular formula is C19H19N3O2S. The first-order chi connectivity index (χ1) is 12.1. The number of carbonyl (C=O) groups is 1. The molecule has 0 saturated heterocycles. The number of rotatable bonds is 2. The minimum Gasteiger partial charge on any atom is -0.311 e. The van der Waals surface area contributed by atoms with E-state index in [4.69, 9.17) is 0 Å². The molecule has 1 aliphatic rings. The number of aryl methyl sites for hydroxylation is 2. The number of hydrogen-bond acceptors (Lipinski definition) is 4. The average molecular weight is 353 g/mol. The number of carbonyl (C=O) groups excluding carboxylic acids is 1. The summed E-state index contributed by atoms with van der Waals surface area (Å²) in [5.41, 5.74) is 1.56. The van der Waals surface area contributed by atoms with Crippen LogP contribution in [0.2, 0.25) is 0 Å². The maximum atomic E-state index is 13.0. The van der Waals surface area contributed by atoms with Gasteiger partial charge in [0.1, 0.15) is 10.7 Å². The van der Waals surface area contributed by atoms with Crippen molar-refractivity contribution in [3.63, 3.8) is 0 Å². The fourth-order valence-corrected chi connectivity index (χ4v) is 4.52. The summed E-state index contributed by atoms with van der Waals surface area (Å²) in [6, 6.07) is 9.51. The lowest BCUT2D eigenvalue weighted by molar-refractivity contribution is 0.0996. The second kappa shape index (κ2) is 6.11. The van der Waals surface area contributed by atoms with Crippen LogP contribution < -0.4 is 10.5 Å². The second-order valence-electron chi connectivity index (χ2n) is 6.38. The number of benzene rings is 1. The van der Waals surface area contributed by atoms with Gasteiger partial charge in [-0.3, -0.25) is 14.2 Å². The summed E-state index contributed by atoms with van der Waals surface area (Å²) in [4.78, 5) is 33.4. The van der Waals surface area contributed by atoms with Crippen molar-refractivity contribution in [2.75, 3.05) is 11.9 Å². The van der Waals surface area contributed by atoms with E-state index in [0.717, 1.165) is 42.9 Å². The van der Waals surface area contributed by atoms with Crippen molar-refractivity contribution >= 4 is 33.1 Å². The van der Waals surface area contributed by atoms with Gasteiger partial charge < -0.3 is 4.90 Å². The SMILES string of the molecule is Cc1c(C(=O)N(C)c2ccccc2)sc2nc3n(c(=O)c12)CCCC3. The van der Waals surface area contributed by atoms with Gasteiger partial charge in [-0.1, -0.05) is 18.2 Å². The van der Waals surface area contributed by atoms with Crippen LogP contribution in [-0.2, 0) is 13.0 Å². The molecule has 0 saturated carbocycles. The van der Waals surface area contributed by atoms with Crippen LogP contribution in [0.5, 0.6) is 0 Å². The van der Waals surface area contributed by atoms with Crippen LogP contribution in [0.4, 0.5) is 5.69 Å². The number of aromatic nitrogens is 2. The predicted octanol–water partition coefficient (Wildman–Crippen LogP) is 3.38. The van der Waals surface area contributed by atoms with Gasteiger partial charge in [-0.15, -0.1) is 11.3 Å². The molecule has 0 fully saturated rings. The zero-order valence-corrected chi connectivity index (χ0v) is 15.1.